The van der Waals surface area contributed by atoms with Gasteiger partial charge in [0.1, 0.15) is 24.2 Å². The highest BCUT2D eigenvalue weighted by atomic mass is 16.5. The normalized spacial score (nSPS) is 10.2. The van der Waals surface area contributed by atoms with Gasteiger partial charge < -0.3 is 9.84 Å². The summed E-state index contributed by atoms with van der Waals surface area (Å²) in [6.07, 6.45) is 2.59. The van der Waals surface area contributed by atoms with Gasteiger partial charge in [-0.25, -0.2) is 14.8 Å². The monoisotopic (exact) mass is 258 g/mol. The zero-order valence-electron chi connectivity index (χ0n) is 10.8. The highest BCUT2D eigenvalue weighted by Gasteiger charge is 2.12. The molecule has 1 heterocycles. The van der Waals surface area contributed by atoms with Crippen molar-refractivity contribution in [1.82, 2.24) is 9.97 Å². The van der Waals surface area contributed by atoms with Crippen LogP contribution >= 0.6 is 0 Å². The van der Waals surface area contributed by atoms with Crippen molar-refractivity contribution in [2.75, 3.05) is 0 Å². The predicted octanol–water partition coefficient (Wildman–Crippen LogP) is 2.37. The molecule has 5 heteroatoms. The molecular weight excluding hydrogens is 244 g/mol. The Morgan fingerprint density at radius 3 is 2.63 bits per heavy atom. The summed E-state index contributed by atoms with van der Waals surface area (Å²) < 4.78 is 5.69. The van der Waals surface area contributed by atoms with E-state index in [1.54, 1.807) is 0 Å². The number of para-hydroxylation sites is 1. The third kappa shape index (κ3) is 2.88. The van der Waals surface area contributed by atoms with Crippen molar-refractivity contribution >= 4 is 5.97 Å². The van der Waals surface area contributed by atoms with Crippen LogP contribution < -0.4 is 4.74 Å². The lowest BCUT2D eigenvalue weighted by Crippen LogP contribution is -2.09. The minimum atomic E-state index is -1.05. The fourth-order valence-electron chi connectivity index (χ4n) is 1.82. The second-order valence-electron chi connectivity index (χ2n) is 4.20. The first-order chi connectivity index (χ1) is 9.09. The van der Waals surface area contributed by atoms with E-state index in [-0.39, 0.29) is 12.2 Å². The minimum absolute atomic E-state index is 0.0636. The maximum Gasteiger partial charge on any atom is 0.339 e. The summed E-state index contributed by atoms with van der Waals surface area (Å²) in [5, 5.41) is 9.04. The van der Waals surface area contributed by atoms with E-state index >= 15 is 0 Å². The first-order valence-corrected chi connectivity index (χ1v) is 5.80. The van der Waals surface area contributed by atoms with Gasteiger partial charge in [0.25, 0.3) is 0 Å². The van der Waals surface area contributed by atoms with Crippen LogP contribution in [0.5, 0.6) is 5.75 Å². The van der Waals surface area contributed by atoms with E-state index in [9.17, 15) is 4.79 Å². The molecule has 0 fully saturated rings. The number of hydrogen-bond acceptors (Lipinski definition) is 4. The molecule has 0 amide bonds. The topological polar surface area (TPSA) is 72.3 Å². The van der Waals surface area contributed by atoms with E-state index in [2.05, 4.69) is 9.97 Å². The lowest BCUT2D eigenvalue weighted by molar-refractivity contribution is 0.0692. The number of hydrogen-bond donors (Lipinski definition) is 1. The SMILES string of the molecule is Cc1cccc(C)c1OCc1ncncc1C(=O)O. The van der Waals surface area contributed by atoms with Gasteiger partial charge >= 0.3 is 5.97 Å². The molecule has 2 aromatic rings. The predicted molar refractivity (Wildman–Crippen MR) is 69.2 cm³/mol. The Bertz CT molecular complexity index is 591. The number of ether oxygens (including phenoxy) is 1. The van der Waals surface area contributed by atoms with E-state index in [0.717, 1.165) is 16.9 Å². The third-order valence-corrected chi connectivity index (χ3v) is 2.79. The van der Waals surface area contributed by atoms with Gasteiger partial charge in [0, 0.05) is 6.20 Å². The average Bonchev–Trinajstić information content (AvgIpc) is 2.38. The Kier molecular flexibility index (Phi) is 3.75. The van der Waals surface area contributed by atoms with Crippen molar-refractivity contribution < 1.29 is 14.6 Å². The van der Waals surface area contributed by atoms with Crippen molar-refractivity contribution in [1.29, 1.82) is 0 Å². The molecule has 0 aliphatic heterocycles. The molecule has 0 atom stereocenters. The van der Waals surface area contributed by atoms with E-state index in [1.807, 2.05) is 32.0 Å². The number of benzene rings is 1. The van der Waals surface area contributed by atoms with Gasteiger partial charge in [0.15, 0.2) is 0 Å². The molecular formula is C14H14N2O3. The lowest BCUT2D eigenvalue weighted by atomic mass is 10.1. The second-order valence-corrected chi connectivity index (χ2v) is 4.20. The van der Waals surface area contributed by atoms with Crippen LogP contribution in [0.3, 0.4) is 0 Å². The molecule has 1 aromatic heterocycles. The van der Waals surface area contributed by atoms with Gasteiger partial charge in [-0.1, -0.05) is 18.2 Å². The van der Waals surface area contributed by atoms with Gasteiger partial charge in [-0.2, -0.15) is 0 Å². The van der Waals surface area contributed by atoms with Crippen LogP contribution in [0.2, 0.25) is 0 Å². The molecule has 1 aromatic carbocycles. The summed E-state index contributed by atoms with van der Waals surface area (Å²) in [6.45, 7) is 4.00. The number of carboxylic acids is 1. The zero-order chi connectivity index (χ0) is 13.8. The number of carbonyl (C=O) groups is 1. The van der Waals surface area contributed by atoms with Gasteiger partial charge in [-0.05, 0) is 25.0 Å². The van der Waals surface area contributed by atoms with Gasteiger partial charge in [0.05, 0.1) is 5.69 Å². The highest BCUT2D eigenvalue weighted by Crippen LogP contribution is 2.23. The van der Waals surface area contributed by atoms with Crippen molar-refractivity contribution in [3.63, 3.8) is 0 Å². The Hall–Kier alpha value is -2.43. The first-order valence-electron chi connectivity index (χ1n) is 5.80. The summed E-state index contributed by atoms with van der Waals surface area (Å²) in [5.41, 5.74) is 2.44. The molecule has 0 saturated heterocycles. The molecule has 1 N–H and O–H groups in total. The number of nitrogens with zero attached hydrogens (tertiary/aromatic N) is 2. The molecule has 5 nitrogen and oxygen atoms in total. The molecule has 0 bridgehead atoms. The van der Waals surface area contributed by atoms with Crippen LogP contribution in [0.1, 0.15) is 27.2 Å². The number of aromatic nitrogens is 2. The number of aryl methyl sites for hydroxylation is 2. The van der Waals surface area contributed by atoms with Crippen molar-refractivity contribution in [3.05, 3.63) is 53.1 Å². The molecule has 2 rings (SSSR count). The molecule has 0 radical (unpaired) electrons. The number of aromatic carboxylic acids is 1. The summed E-state index contributed by atoms with van der Waals surface area (Å²) in [6, 6.07) is 5.84. The van der Waals surface area contributed by atoms with Gasteiger partial charge in [0.2, 0.25) is 0 Å². The quantitative estimate of drug-likeness (QED) is 0.911. The van der Waals surface area contributed by atoms with Crippen LogP contribution in [0, 0.1) is 13.8 Å². The largest absolute Gasteiger partial charge is 0.487 e. The van der Waals surface area contributed by atoms with E-state index in [4.69, 9.17) is 9.84 Å². The second kappa shape index (κ2) is 5.48. The Balaban J connectivity index is 2.22. The van der Waals surface area contributed by atoms with Crippen molar-refractivity contribution in [2.24, 2.45) is 0 Å². The molecule has 0 aliphatic carbocycles. The third-order valence-electron chi connectivity index (χ3n) is 2.79. The highest BCUT2D eigenvalue weighted by molar-refractivity contribution is 5.88. The van der Waals surface area contributed by atoms with Crippen LogP contribution in [-0.4, -0.2) is 21.0 Å². The Morgan fingerprint density at radius 1 is 1.32 bits per heavy atom. The molecule has 98 valence electrons. The minimum Gasteiger partial charge on any atom is -0.487 e. The van der Waals surface area contributed by atoms with E-state index in [0.29, 0.717) is 5.69 Å². The number of carboxylic acid groups (broad SMARTS) is 1. The lowest BCUT2D eigenvalue weighted by Gasteiger charge is -2.12. The van der Waals surface area contributed by atoms with Gasteiger partial charge in [-0.3, -0.25) is 0 Å². The van der Waals surface area contributed by atoms with Gasteiger partial charge in [-0.15, -0.1) is 0 Å². The molecule has 0 aliphatic rings. The fraction of sp³-hybridized carbons (Fsp3) is 0.214. The summed E-state index contributed by atoms with van der Waals surface area (Å²) >= 11 is 0. The van der Waals surface area contributed by atoms with Crippen LogP contribution in [0.4, 0.5) is 0 Å². The van der Waals surface area contributed by atoms with Crippen LogP contribution in [0.25, 0.3) is 0 Å². The summed E-state index contributed by atoms with van der Waals surface area (Å²) in [5.74, 6) is -0.293. The Morgan fingerprint density at radius 2 is 2.00 bits per heavy atom. The number of rotatable bonds is 4. The average molecular weight is 258 g/mol. The maximum atomic E-state index is 11.0. The van der Waals surface area contributed by atoms with Crippen molar-refractivity contribution in [2.45, 2.75) is 20.5 Å². The fourth-order valence-corrected chi connectivity index (χ4v) is 1.82. The zero-order valence-corrected chi connectivity index (χ0v) is 10.8. The Labute approximate surface area is 110 Å². The van der Waals surface area contributed by atoms with Crippen molar-refractivity contribution in [3.8, 4) is 5.75 Å². The van der Waals surface area contributed by atoms with Crippen LogP contribution in [-0.2, 0) is 6.61 Å². The van der Waals surface area contributed by atoms with Crippen LogP contribution in [0.15, 0.2) is 30.7 Å². The maximum absolute atomic E-state index is 11.0. The van der Waals surface area contributed by atoms with E-state index in [1.165, 1.54) is 12.5 Å². The molecule has 0 unspecified atom stereocenters. The summed E-state index contributed by atoms with van der Waals surface area (Å²) in [7, 11) is 0. The first kappa shape index (κ1) is 13.0. The molecule has 19 heavy (non-hydrogen) atoms. The molecule has 0 spiro atoms. The summed E-state index contributed by atoms with van der Waals surface area (Å²) in [4.78, 5) is 18.7. The van der Waals surface area contributed by atoms with E-state index < -0.39 is 5.97 Å². The smallest absolute Gasteiger partial charge is 0.339 e. The molecule has 0 saturated carbocycles. The standard InChI is InChI=1S/C14H14N2O3/c1-9-4-3-5-10(2)13(9)19-7-12-11(14(17)18)6-15-8-16-12/h3-6,8H,7H2,1-2H3,(H,17,18).